The Bertz CT molecular complexity index is 1220. The number of hydrogen-bond acceptors (Lipinski definition) is 7. The number of piperazine rings is 1. The van der Waals surface area contributed by atoms with Crippen LogP contribution in [0.3, 0.4) is 0 Å². The maximum atomic E-state index is 12.8. The standard InChI is InChI=1S/C24H28N4O4S/c29-23-7-5-19-3-1-2-4-21(19)22(23)18-26-9-11-27(12-10-26)24-8-6-20(17-25-24)33(30,31)28-13-15-32-16-14-28/h1-8,17,29H,9-16,18H2. The molecule has 0 bridgehead atoms. The van der Waals surface area contributed by atoms with Gasteiger partial charge in [-0.2, -0.15) is 4.31 Å². The number of aromatic hydroxyl groups is 1. The van der Waals surface area contributed by atoms with Crippen molar-refractivity contribution >= 4 is 26.6 Å². The van der Waals surface area contributed by atoms with E-state index in [1.165, 1.54) is 10.5 Å². The molecule has 0 radical (unpaired) electrons. The molecule has 3 heterocycles. The first-order valence-corrected chi connectivity index (χ1v) is 12.7. The number of morpholine rings is 1. The number of rotatable bonds is 5. The Morgan fingerprint density at radius 3 is 2.39 bits per heavy atom. The van der Waals surface area contributed by atoms with Crippen molar-refractivity contribution in [1.82, 2.24) is 14.2 Å². The third-order valence-corrected chi connectivity index (χ3v) is 8.30. The molecule has 0 spiro atoms. The van der Waals surface area contributed by atoms with Crippen LogP contribution in [0.1, 0.15) is 5.56 Å². The van der Waals surface area contributed by atoms with E-state index in [2.05, 4.69) is 26.9 Å². The maximum absolute atomic E-state index is 12.8. The third-order valence-electron chi connectivity index (χ3n) is 6.42. The van der Waals surface area contributed by atoms with Gasteiger partial charge in [-0.25, -0.2) is 13.4 Å². The van der Waals surface area contributed by atoms with Gasteiger partial charge in [0.25, 0.3) is 0 Å². The summed E-state index contributed by atoms with van der Waals surface area (Å²) in [5.74, 6) is 1.11. The summed E-state index contributed by atoms with van der Waals surface area (Å²) < 4.78 is 32.3. The number of fused-ring (bicyclic) bond motifs is 1. The van der Waals surface area contributed by atoms with Gasteiger partial charge in [0, 0.05) is 57.6 Å². The Balaban J connectivity index is 1.23. The first-order chi connectivity index (χ1) is 16.0. The molecule has 0 saturated carbocycles. The largest absolute Gasteiger partial charge is 0.508 e. The van der Waals surface area contributed by atoms with Gasteiger partial charge in [-0.15, -0.1) is 0 Å². The second-order valence-electron chi connectivity index (χ2n) is 8.42. The van der Waals surface area contributed by atoms with E-state index in [4.69, 9.17) is 4.74 Å². The number of benzene rings is 2. The number of aromatic nitrogens is 1. The number of phenolic OH excluding ortho intramolecular Hbond substituents is 1. The number of ether oxygens (including phenoxy) is 1. The van der Waals surface area contributed by atoms with Crippen LogP contribution < -0.4 is 4.90 Å². The minimum atomic E-state index is -3.53. The minimum Gasteiger partial charge on any atom is -0.508 e. The molecule has 0 amide bonds. The van der Waals surface area contributed by atoms with Crippen molar-refractivity contribution in [3.63, 3.8) is 0 Å². The fourth-order valence-electron chi connectivity index (χ4n) is 4.50. The number of sulfonamides is 1. The summed E-state index contributed by atoms with van der Waals surface area (Å²) >= 11 is 0. The van der Waals surface area contributed by atoms with Crippen LogP contribution in [0, 0.1) is 0 Å². The molecular formula is C24H28N4O4S. The lowest BCUT2D eigenvalue weighted by Gasteiger charge is -2.35. The van der Waals surface area contributed by atoms with Crippen molar-refractivity contribution in [3.8, 4) is 5.75 Å². The fraction of sp³-hybridized carbons (Fsp3) is 0.375. The summed E-state index contributed by atoms with van der Waals surface area (Å²) in [5.41, 5.74) is 0.956. The average Bonchev–Trinajstić information content (AvgIpc) is 2.87. The number of pyridine rings is 1. The van der Waals surface area contributed by atoms with E-state index >= 15 is 0 Å². The summed E-state index contributed by atoms with van der Waals surface area (Å²) in [6.07, 6.45) is 1.46. The Morgan fingerprint density at radius 1 is 0.909 bits per heavy atom. The van der Waals surface area contributed by atoms with E-state index in [1.54, 1.807) is 18.2 Å². The van der Waals surface area contributed by atoms with Crippen LogP contribution in [0.2, 0.25) is 0 Å². The zero-order valence-electron chi connectivity index (χ0n) is 18.4. The van der Waals surface area contributed by atoms with Gasteiger partial charge in [-0.3, -0.25) is 4.90 Å². The summed E-state index contributed by atoms with van der Waals surface area (Å²) in [6, 6.07) is 15.3. The molecule has 9 heteroatoms. The summed E-state index contributed by atoms with van der Waals surface area (Å²) in [6.45, 7) is 5.51. The van der Waals surface area contributed by atoms with Crippen LogP contribution in [-0.2, 0) is 21.3 Å². The van der Waals surface area contributed by atoms with E-state index in [0.717, 1.165) is 48.3 Å². The SMILES string of the molecule is O=S(=O)(c1ccc(N2CCN(Cc3c(O)ccc4ccccc34)CC2)nc1)N1CCOCC1. The van der Waals surface area contributed by atoms with Crippen LogP contribution in [0.25, 0.3) is 10.8 Å². The first kappa shape index (κ1) is 22.1. The van der Waals surface area contributed by atoms with Crippen molar-refractivity contribution in [2.75, 3.05) is 57.4 Å². The van der Waals surface area contributed by atoms with Crippen molar-refractivity contribution in [3.05, 3.63) is 60.3 Å². The summed E-state index contributed by atoms with van der Waals surface area (Å²) in [5, 5.41) is 12.7. The zero-order chi connectivity index (χ0) is 22.8. The smallest absolute Gasteiger partial charge is 0.244 e. The number of anilines is 1. The lowest BCUT2D eigenvalue weighted by Crippen LogP contribution is -2.46. The predicted molar refractivity (Wildman–Crippen MR) is 127 cm³/mol. The predicted octanol–water partition coefficient (Wildman–Crippen LogP) is 2.28. The van der Waals surface area contributed by atoms with Crippen LogP contribution in [-0.4, -0.2) is 80.2 Å². The van der Waals surface area contributed by atoms with Crippen molar-refractivity contribution in [2.24, 2.45) is 0 Å². The molecule has 2 aliphatic heterocycles. The Labute approximate surface area is 194 Å². The number of hydrogen-bond donors (Lipinski definition) is 1. The van der Waals surface area contributed by atoms with Crippen molar-refractivity contribution in [2.45, 2.75) is 11.4 Å². The second kappa shape index (κ2) is 9.26. The van der Waals surface area contributed by atoms with E-state index in [1.807, 2.05) is 18.2 Å². The molecule has 2 fully saturated rings. The highest BCUT2D eigenvalue weighted by molar-refractivity contribution is 7.89. The van der Waals surface area contributed by atoms with Crippen molar-refractivity contribution in [1.29, 1.82) is 0 Å². The highest BCUT2D eigenvalue weighted by Crippen LogP contribution is 2.29. The van der Waals surface area contributed by atoms with E-state index < -0.39 is 10.0 Å². The molecular weight excluding hydrogens is 440 g/mol. The van der Waals surface area contributed by atoms with Gasteiger partial charge in [0.2, 0.25) is 10.0 Å². The molecule has 1 N–H and O–H groups in total. The molecule has 2 aliphatic rings. The molecule has 0 atom stereocenters. The molecule has 174 valence electrons. The highest BCUT2D eigenvalue weighted by atomic mass is 32.2. The maximum Gasteiger partial charge on any atom is 0.244 e. The third kappa shape index (κ3) is 4.54. The zero-order valence-corrected chi connectivity index (χ0v) is 19.2. The lowest BCUT2D eigenvalue weighted by molar-refractivity contribution is 0.0730. The minimum absolute atomic E-state index is 0.221. The molecule has 2 aromatic carbocycles. The van der Waals surface area contributed by atoms with Crippen LogP contribution in [0.5, 0.6) is 5.75 Å². The number of phenols is 1. The Hall–Kier alpha value is -2.72. The molecule has 0 aliphatic carbocycles. The molecule has 2 saturated heterocycles. The monoisotopic (exact) mass is 468 g/mol. The molecule has 3 aromatic rings. The second-order valence-corrected chi connectivity index (χ2v) is 10.4. The van der Waals surface area contributed by atoms with Gasteiger partial charge in [-0.1, -0.05) is 30.3 Å². The van der Waals surface area contributed by atoms with E-state index in [0.29, 0.717) is 38.6 Å². The summed E-state index contributed by atoms with van der Waals surface area (Å²) in [7, 11) is -3.53. The summed E-state index contributed by atoms with van der Waals surface area (Å²) in [4.78, 5) is 9.18. The van der Waals surface area contributed by atoms with Gasteiger partial charge in [0.1, 0.15) is 16.5 Å². The number of nitrogens with zero attached hydrogens (tertiary/aromatic N) is 4. The molecule has 5 rings (SSSR count). The van der Waals surface area contributed by atoms with E-state index in [-0.39, 0.29) is 4.90 Å². The van der Waals surface area contributed by atoms with Crippen molar-refractivity contribution < 1.29 is 18.3 Å². The van der Waals surface area contributed by atoms with Crippen LogP contribution >= 0.6 is 0 Å². The van der Waals surface area contributed by atoms with Crippen LogP contribution in [0.15, 0.2) is 59.6 Å². The van der Waals surface area contributed by atoms with E-state index in [9.17, 15) is 13.5 Å². The molecule has 8 nitrogen and oxygen atoms in total. The Kier molecular flexibility index (Phi) is 6.20. The highest BCUT2D eigenvalue weighted by Gasteiger charge is 2.27. The normalized spacial score (nSPS) is 18.6. The fourth-order valence-corrected chi connectivity index (χ4v) is 5.85. The Morgan fingerprint density at radius 2 is 1.67 bits per heavy atom. The van der Waals surface area contributed by atoms with Crippen LogP contribution in [0.4, 0.5) is 5.82 Å². The average molecular weight is 469 g/mol. The molecule has 33 heavy (non-hydrogen) atoms. The van der Waals surface area contributed by atoms with Gasteiger partial charge in [0.05, 0.1) is 13.2 Å². The van der Waals surface area contributed by atoms with Gasteiger partial charge in [-0.05, 0) is 29.0 Å². The van der Waals surface area contributed by atoms with Gasteiger partial charge >= 0.3 is 0 Å². The topological polar surface area (TPSA) is 86.2 Å². The quantitative estimate of drug-likeness (QED) is 0.615. The van der Waals surface area contributed by atoms with Gasteiger partial charge in [0.15, 0.2) is 0 Å². The van der Waals surface area contributed by atoms with Gasteiger partial charge < -0.3 is 14.7 Å². The molecule has 0 unspecified atom stereocenters. The molecule has 1 aromatic heterocycles. The lowest BCUT2D eigenvalue weighted by atomic mass is 10.0. The first-order valence-electron chi connectivity index (χ1n) is 11.2.